The topological polar surface area (TPSA) is 86.7 Å². The van der Waals surface area contributed by atoms with Crippen LogP contribution in [-0.2, 0) is 16.0 Å². The highest BCUT2D eigenvalue weighted by Gasteiger charge is 2.36. The zero-order valence-electron chi connectivity index (χ0n) is 13.8. The molecule has 1 heterocycles. The number of urea groups is 1. The van der Waals surface area contributed by atoms with Crippen molar-refractivity contribution in [1.82, 2.24) is 5.32 Å². The van der Waals surface area contributed by atoms with Crippen molar-refractivity contribution >= 4 is 41.2 Å². The summed E-state index contributed by atoms with van der Waals surface area (Å²) in [6, 6.07) is 10.3. The average molecular weight is 371 g/mol. The van der Waals surface area contributed by atoms with E-state index in [2.05, 4.69) is 5.32 Å². The number of anilines is 1. The third-order valence-corrected chi connectivity index (χ3v) is 4.23. The molecule has 0 bridgehead atoms. The second kappa shape index (κ2) is 7.01. The van der Waals surface area contributed by atoms with Crippen LogP contribution in [0.1, 0.15) is 18.1 Å². The molecule has 0 atom stereocenters. The SMILES string of the molecule is CCc1ccc(N2C(=O)NC(=O)/C(=C\c3cc(Cl)ccc3O)C2=O)cc1. The molecule has 7 heteroatoms. The summed E-state index contributed by atoms with van der Waals surface area (Å²) in [4.78, 5) is 37.9. The van der Waals surface area contributed by atoms with E-state index in [1.165, 1.54) is 24.3 Å². The van der Waals surface area contributed by atoms with Gasteiger partial charge in [0.2, 0.25) is 0 Å². The highest BCUT2D eigenvalue weighted by atomic mass is 35.5. The van der Waals surface area contributed by atoms with Crippen molar-refractivity contribution in [2.24, 2.45) is 0 Å². The maximum atomic E-state index is 12.8. The number of nitrogens with zero attached hydrogens (tertiary/aromatic N) is 1. The van der Waals surface area contributed by atoms with Crippen LogP contribution in [0, 0.1) is 0 Å². The second-order valence-electron chi connectivity index (χ2n) is 5.68. The van der Waals surface area contributed by atoms with Crippen LogP contribution in [-0.4, -0.2) is 23.0 Å². The Hall–Kier alpha value is -3.12. The number of barbiturate groups is 1. The number of aromatic hydroxyl groups is 1. The predicted molar refractivity (Wildman–Crippen MR) is 97.9 cm³/mol. The van der Waals surface area contributed by atoms with Gasteiger partial charge in [-0.05, 0) is 48.4 Å². The van der Waals surface area contributed by atoms with Gasteiger partial charge in [0.05, 0.1) is 5.69 Å². The molecule has 0 radical (unpaired) electrons. The molecule has 1 aliphatic rings. The van der Waals surface area contributed by atoms with Crippen LogP contribution in [0.5, 0.6) is 5.75 Å². The molecule has 4 amide bonds. The monoisotopic (exact) mass is 370 g/mol. The number of aryl methyl sites for hydroxylation is 1. The molecule has 3 rings (SSSR count). The maximum Gasteiger partial charge on any atom is 0.335 e. The van der Waals surface area contributed by atoms with E-state index in [9.17, 15) is 19.5 Å². The van der Waals surface area contributed by atoms with Gasteiger partial charge in [0.25, 0.3) is 11.8 Å². The lowest BCUT2D eigenvalue weighted by Crippen LogP contribution is -2.54. The van der Waals surface area contributed by atoms with Gasteiger partial charge >= 0.3 is 6.03 Å². The van der Waals surface area contributed by atoms with Crippen LogP contribution in [0.2, 0.25) is 5.02 Å². The molecule has 6 nitrogen and oxygen atoms in total. The minimum atomic E-state index is -0.833. The number of carbonyl (C=O) groups is 3. The molecule has 2 N–H and O–H groups in total. The van der Waals surface area contributed by atoms with Crippen molar-refractivity contribution in [1.29, 1.82) is 0 Å². The van der Waals surface area contributed by atoms with Crippen LogP contribution in [0.25, 0.3) is 6.08 Å². The third-order valence-electron chi connectivity index (χ3n) is 3.99. The van der Waals surface area contributed by atoms with Gasteiger partial charge < -0.3 is 5.11 Å². The van der Waals surface area contributed by atoms with Crippen molar-refractivity contribution in [2.45, 2.75) is 13.3 Å². The van der Waals surface area contributed by atoms with Gasteiger partial charge in [0.1, 0.15) is 11.3 Å². The van der Waals surface area contributed by atoms with Crippen LogP contribution in [0.15, 0.2) is 48.0 Å². The highest BCUT2D eigenvalue weighted by Crippen LogP contribution is 2.27. The van der Waals surface area contributed by atoms with E-state index in [1.54, 1.807) is 24.3 Å². The van der Waals surface area contributed by atoms with Gasteiger partial charge in [-0.25, -0.2) is 9.69 Å². The van der Waals surface area contributed by atoms with E-state index in [0.717, 1.165) is 16.9 Å². The lowest BCUT2D eigenvalue weighted by Gasteiger charge is -2.26. The normalized spacial score (nSPS) is 16.2. The molecule has 0 saturated carbocycles. The summed E-state index contributed by atoms with van der Waals surface area (Å²) in [5, 5.41) is 12.4. The number of nitrogens with one attached hydrogen (secondary N) is 1. The number of halogens is 1. The zero-order valence-corrected chi connectivity index (χ0v) is 14.6. The lowest BCUT2D eigenvalue weighted by molar-refractivity contribution is -0.122. The first-order valence-electron chi connectivity index (χ1n) is 7.89. The second-order valence-corrected chi connectivity index (χ2v) is 6.12. The van der Waals surface area contributed by atoms with Crippen LogP contribution < -0.4 is 10.2 Å². The molecule has 0 aliphatic carbocycles. The fourth-order valence-electron chi connectivity index (χ4n) is 2.57. The molecule has 1 saturated heterocycles. The van der Waals surface area contributed by atoms with Gasteiger partial charge in [-0.1, -0.05) is 30.7 Å². The first kappa shape index (κ1) is 17.7. The number of hydrogen-bond acceptors (Lipinski definition) is 4. The molecule has 1 aliphatic heterocycles. The van der Waals surface area contributed by atoms with Crippen molar-refractivity contribution in [3.05, 3.63) is 64.2 Å². The predicted octanol–water partition coefficient (Wildman–Crippen LogP) is 3.27. The van der Waals surface area contributed by atoms with Gasteiger partial charge in [-0.15, -0.1) is 0 Å². The Morgan fingerprint density at radius 1 is 1.12 bits per heavy atom. The number of phenols is 1. The quantitative estimate of drug-likeness (QED) is 0.641. The van der Waals surface area contributed by atoms with Gasteiger partial charge in [-0.3, -0.25) is 14.9 Å². The molecule has 2 aromatic rings. The number of phenolic OH excluding ortho intramolecular Hbond substituents is 1. The number of imide groups is 2. The minimum Gasteiger partial charge on any atom is -0.507 e. The van der Waals surface area contributed by atoms with E-state index in [0.29, 0.717) is 10.7 Å². The summed E-state index contributed by atoms with van der Waals surface area (Å²) in [7, 11) is 0. The maximum absolute atomic E-state index is 12.8. The summed E-state index contributed by atoms with van der Waals surface area (Å²) < 4.78 is 0. The summed E-state index contributed by atoms with van der Waals surface area (Å²) >= 11 is 5.89. The van der Waals surface area contributed by atoms with Gasteiger partial charge in [0.15, 0.2) is 0 Å². The average Bonchev–Trinajstić information content (AvgIpc) is 2.62. The Morgan fingerprint density at radius 3 is 2.46 bits per heavy atom. The van der Waals surface area contributed by atoms with Crippen LogP contribution in [0.4, 0.5) is 10.5 Å². The number of rotatable bonds is 3. The smallest absolute Gasteiger partial charge is 0.335 e. The Kier molecular flexibility index (Phi) is 4.77. The van der Waals surface area contributed by atoms with Crippen LogP contribution in [0.3, 0.4) is 0 Å². The molecule has 0 unspecified atom stereocenters. The zero-order chi connectivity index (χ0) is 18.8. The summed E-state index contributed by atoms with van der Waals surface area (Å²) in [5.74, 6) is -1.75. The first-order valence-corrected chi connectivity index (χ1v) is 8.27. The lowest BCUT2D eigenvalue weighted by atomic mass is 10.1. The summed E-state index contributed by atoms with van der Waals surface area (Å²) in [5.41, 5.74) is 1.32. The number of hydrogen-bond donors (Lipinski definition) is 2. The van der Waals surface area contributed by atoms with E-state index in [-0.39, 0.29) is 16.9 Å². The van der Waals surface area contributed by atoms with Crippen molar-refractivity contribution < 1.29 is 19.5 Å². The molecule has 1 fully saturated rings. The van der Waals surface area contributed by atoms with Crippen molar-refractivity contribution in [3.8, 4) is 5.75 Å². The summed E-state index contributed by atoms with van der Waals surface area (Å²) in [6.45, 7) is 1.99. The van der Waals surface area contributed by atoms with Gasteiger partial charge in [0, 0.05) is 10.6 Å². The Morgan fingerprint density at radius 2 is 1.81 bits per heavy atom. The molecule has 2 aromatic carbocycles. The number of amides is 4. The van der Waals surface area contributed by atoms with E-state index >= 15 is 0 Å². The molecule has 26 heavy (non-hydrogen) atoms. The van der Waals surface area contributed by atoms with E-state index < -0.39 is 17.8 Å². The number of carbonyl (C=O) groups excluding carboxylic acids is 3. The fraction of sp³-hybridized carbons (Fsp3) is 0.105. The number of benzene rings is 2. The summed E-state index contributed by atoms with van der Waals surface area (Å²) in [6.07, 6.45) is 2.02. The Bertz CT molecular complexity index is 935. The standard InChI is InChI=1S/C19H15ClN2O4/c1-2-11-3-6-14(7-4-11)22-18(25)15(17(24)21-19(22)26)10-12-9-13(20)5-8-16(12)23/h3-10,23H,2H2,1H3,(H,21,24,26)/b15-10+. The highest BCUT2D eigenvalue weighted by molar-refractivity contribution is 6.39. The van der Waals surface area contributed by atoms with E-state index in [4.69, 9.17) is 11.6 Å². The Balaban J connectivity index is 2.02. The van der Waals surface area contributed by atoms with Crippen LogP contribution >= 0.6 is 11.6 Å². The molecular formula is C19H15ClN2O4. The van der Waals surface area contributed by atoms with Crippen molar-refractivity contribution in [2.75, 3.05) is 4.90 Å². The molecule has 132 valence electrons. The minimum absolute atomic E-state index is 0.141. The largest absolute Gasteiger partial charge is 0.507 e. The molecule has 0 aromatic heterocycles. The fourth-order valence-corrected chi connectivity index (χ4v) is 2.75. The third kappa shape index (κ3) is 3.32. The molecular weight excluding hydrogens is 356 g/mol. The van der Waals surface area contributed by atoms with Gasteiger partial charge in [-0.2, -0.15) is 0 Å². The molecule has 0 spiro atoms. The Labute approximate surface area is 154 Å². The first-order chi connectivity index (χ1) is 12.4. The van der Waals surface area contributed by atoms with E-state index in [1.807, 2.05) is 6.92 Å². The van der Waals surface area contributed by atoms with Crippen molar-refractivity contribution in [3.63, 3.8) is 0 Å².